The van der Waals surface area contributed by atoms with Gasteiger partial charge in [-0.05, 0) is 24.1 Å². The van der Waals surface area contributed by atoms with Gasteiger partial charge in [0.05, 0.1) is 5.02 Å². The second-order valence-electron chi connectivity index (χ2n) is 3.18. The molecular weight excluding hydrogens is 232 g/mol. The lowest BCUT2D eigenvalue weighted by atomic mass is 10.1. The summed E-state index contributed by atoms with van der Waals surface area (Å²) in [7, 11) is 0. The molecule has 0 aliphatic rings. The van der Waals surface area contributed by atoms with E-state index in [-0.39, 0.29) is 0 Å². The second-order valence-corrected chi connectivity index (χ2v) is 3.91. The van der Waals surface area contributed by atoms with Crippen molar-refractivity contribution < 1.29 is 4.52 Å². The van der Waals surface area contributed by atoms with Crippen LogP contribution >= 0.6 is 24.2 Å². The third-order valence-electron chi connectivity index (χ3n) is 2.11. The lowest BCUT2D eigenvalue weighted by Crippen LogP contribution is -1.90. The molecule has 1 heterocycles. The Morgan fingerprint density at radius 2 is 2.27 bits per heavy atom. The highest BCUT2D eigenvalue weighted by Crippen LogP contribution is 2.30. The van der Waals surface area contributed by atoms with Gasteiger partial charge in [-0.25, -0.2) is 0 Å². The van der Waals surface area contributed by atoms with Gasteiger partial charge in [0.2, 0.25) is 12.2 Å². The lowest BCUT2D eigenvalue weighted by Gasteiger charge is -2.06. The minimum absolute atomic E-state index is 0.517. The Labute approximate surface area is 97.9 Å². The smallest absolute Gasteiger partial charge is 0.214 e. The van der Waals surface area contributed by atoms with E-state index in [2.05, 4.69) is 22.8 Å². The van der Waals surface area contributed by atoms with Crippen molar-refractivity contribution in [3.63, 3.8) is 0 Å². The Bertz CT molecular complexity index is 447. The predicted octanol–water partition coefficient (Wildman–Crippen LogP) is 3.13. The highest BCUT2D eigenvalue weighted by molar-refractivity contribution is 7.79. The van der Waals surface area contributed by atoms with Crippen LogP contribution in [0.5, 0.6) is 0 Å². The maximum Gasteiger partial charge on any atom is 0.214 e. The maximum absolute atomic E-state index is 6.15. The van der Waals surface area contributed by atoms with Crippen molar-refractivity contribution in [1.82, 2.24) is 10.1 Å². The molecule has 0 N–H and O–H groups in total. The number of nitrogens with zero attached hydrogens (tertiary/aromatic N) is 2. The first kappa shape index (κ1) is 10.5. The zero-order chi connectivity index (χ0) is 10.8. The maximum atomic E-state index is 6.15. The van der Waals surface area contributed by atoms with Crippen LogP contribution in [0.2, 0.25) is 5.02 Å². The molecule has 78 valence electrons. The van der Waals surface area contributed by atoms with Crippen LogP contribution in [0.4, 0.5) is 0 Å². The molecule has 0 atom stereocenters. The van der Waals surface area contributed by atoms with Crippen LogP contribution in [-0.2, 0) is 5.75 Å². The van der Waals surface area contributed by atoms with E-state index in [1.54, 1.807) is 0 Å². The molecule has 3 nitrogen and oxygen atoms in total. The van der Waals surface area contributed by atoms with Crippen molar-refractivity contribution in [2.24, 2.45) is 0 Å². The number of aromatic nitrogens is 2. The first-order chi connectivity index (χ1) is 7.22. The highest BCUT2D eigenvalue weighted by Gasteiger charge is 2.12. The molecule has 0 radical (unpaired) electrons. The van der Waals surface area contributed by atoms with E-state index in [9.17, 15) is 0 Å². The number of benzene rings is 1. The van der Waals surface area contributed by atoms with Gasteiger partial charge in [0.25, 0.3) is 0 Å². The summed E-state index contributed by atoms with van der Waals surface area (Å²) in [5.41, 5.74) is 2.91. The first-order valence-electron chi connectivity index (χ1n) is 4.39. The third-order valence-corrected chi connectivity index (χ3v) is 2.78. The minimum Gasteiger partial charge on any atom is -0.342 e. The monoisotopic (exact) mass is 240 g/mol. The number of thiol groups is 1. The molecular formula is C10H9ClN2OS. The largest absolute Gasteiger partial charge is 0.342 e. The molecule has 0 unspecified atom stereocenters. The van der Waals surface area contributed by atoms with Crippen molar-refractivity contribution >= 4 is 24.2 Å². The Hall–Kier alpha value is -1.00. The van der Waals surface area contributed by atoms with Gasteiger partial charge >= 0.3 is 0 Å². The molecule has 1 aromatic carbocycles. The van der Waals surface area contributed by atoms with E-state index in [1.807, 2.05) is 19.1 Å². The molecule has 15 heavy (non-hydrogen) atoms. The van der Waals surface area contributed by atoms with Gasteiger partial charge in [-0.3, -0.25) is 0 Å². The normalized spacial score (nSPS) is 10.6. The van der Waals surface area contributed by atoms with Crippen LogP contribution in [0.1, 0.15) is 11.1 Å². The van der Waals surface area contributed by atoms with Gasteiger partial charge in [-0.2, -0.15) is 17.6 Å². The van der Waals surface area contributed by atoms with E-state index in [0.29, 0.717) is 16.6 Å². The van der Waals surface area contributed by atoms with Crippen molar-refractivity contribution in [2.75, 3.05) is 0 Å². The van der Waals surface area contributed by atoms with Crippen LogP contribution in [-0.4, -0.2) is 10.1 Å². The van der Waals surface area contributed by atoms with E-state index < -0.39 is 0 Å². The van der Waals surface area contributed by atoms with Gasteiger partial charge in [0.15, 0.2) is 0 Å². The zero-order valence-electron chi connectivity index (χ0n) is 8.07. The van der Waals surface area contributed by atoms with Crippen molar-refractivity contribution in [3.05, 3.63) is 34.7 Å². The Balaban J connectivity index is 2.58. The number of halogens is 1. The van der Waals surface area contributed by atoms with Crippen LogP contribution < -0.4 is 0 Å². The molecule has 0 saturated carbocycles. The summed E-state index contributed by atoms with van der Waals surface area (Å²) in [6, 6.07) is 3.89. The van der Waals surface area contributed by atoms with E-state index in [1.165, 1.54) is 6.39 Å². The molecule has 0 fully saturated rings. The fourth-order valence-corrected chi connectivity index (χ4v) is 2.03. The topological polar surface area (TPSA) is 38.9 Å². The number of hydrogen-bond donors (Lipinski definition) is 1. The van der Waals surface area contributed by atoms with E-state index in [4.69, 9.17) is 16.1 Å². The lowest BCUT2D eigenvalue weighted by molar-refractivity contribution is 0.418. The number of rotatable bonds is 2. The van der Waals surface area contributed by atoms with Crippen molar-refractivity contribution in [2.45, 2.75) is 12.7 Å². The van der Waals surface area contributed by atoms with Crippen molar-refractivity contribution in [1.29, 1.82) is 0 Å². The van der Waals surface area contributed by atoms with Gasteiger partial charge in [0, 0.05) is 11.3 Å². The predicted molar refractivity (Wildman–Crippen MR) is 62.2 cm³/mol. The van der Waals surface area contributed by atoms with Gasteiger partial charge < -0.3 is 4.52 Å². The number of aryl methyl sites for hydroxylation is 1. The highest BCUT2D eigenvalue weighted by atomic mass is 35.5. The summed E-state index contributed by atoms with van der Waals surface area (Å²) >= 11 is 10.4. The quantitative estimate of drug-likeness (QED) is 0.820. The molecule has 5 heteroatoms. The molecule has 0 saturated heterocycles. The Kier molecular flexibility index (Phi) is 2.98. The Morgan fingerprint density at radius 3 is 2.80 bits per heavy atom. The zero-order valence-corrected chi connectivity index (χ0v) is 9.72. The van der Waals surface area contributed by atoms with Crippen LogP contribution in [0.3, 0.4) is 0 Å². The summed E-state index contributed by atoms with van der Waals surface area (Å²) in [6.45, 7) is 1.96. The van der Waals surface area contributed by atoms with E-state index >= 15 is 0 Å². The second kappa shape index (κ2) is 4.24. The standard InChI is InChI=1S/C10H9ClN2OS/c1-6-2-7(4-15)3-8(11)9(6)10-12-5-14-13-10/h2-3,5,15H,4H2,1H3. The summed E-state index contributed by atoms with van der Waals surface area (Å²) in [4.78, 5) is 3.98. The Morgan fingerprint density at radius 1 is 1.47 bits per heavy atom. The number of hydrogen-bond acceptors (Lipinski definition) is 4. The molecule has 0 aliphatic carbocycles. The summed E-state index contributed by atoms with van der Waals surface area (Å²) in [5, 5.41) is 4.40. The van der Waals surface area contributed by atoms with Crippen LogP contribution in [0.15, 0.2) is 23.0 Å². The van der Waals surface area contributed by atoms with Crippen molar-refractivity contribution in [3.8, 4) is 11.4 Å². The first-order valence-corrected chi connectivity index (χ1v) is 5.40. The molecule has 0 spiro atoms. The molecule has 0 aliphatic heterocycles. The summed E-state index contributed by atoms with van der Waals surface area (Å²) in [5.74, 6) is 1.18. The third kappa shape index (κ3) is 2.01. The molecule has 0 bridgehead atoms. The van der Waals surface area contributed by atoms with Gasteiger partial charge in [0.1, 0.15) is 0 Å². The molecule has 2 rings (SSSR count). The minimum atomic E-state index is 0.517. The van der Waals surface area contributed by atoms with Crippen LogP contribution in [0.25, 0.3) is 11.4 Å². The summed E-state index contributed by atoms with van der Waals surface area (Å²) in [6.07, 6.45) is 1.29. The fourth-order valence-electron chi connectivity index (χ4n) is 1.47. The SMILES string of the molecule is Cc1cc(CS)cc(Cl)c1-c1ncon1. The van der Waals surface area contributed by atoms with Gasteiger partial charge in [-0.15, -0.1) is 0 Å². The molecule has 2 aromatic rings. The summed E-state index contributed by atoms with van der Waals surface area (Å²) < 4.78 is 4.70. The molecule has 0 amide bonds. The average Bonchev–Trinajstić information content (AvgIpc) is 2.69. The average molecular weight is 241 g/mol. The van der Waals surface area contributed by atoms with Crippen LogP contribution in [0, 0.1) is 6.92 Å². The fraction of sp³-hybridized carbons (Fsp3) is 0.200. The van der Waals surface area contributed by atoms with Gasteiger partial charge in [-0.1, -0.05) is 22.8 Å². The molecule has 1 aromatic heterocycles. The van der Waals surface area contributed by atoms with E-state index in [0.717, 1.165) is 16.7 Å².